The van der Waals surface area contributed by atoms with E-state index in [0.717, 1.165) is 51.4 Å². The fourth-order valence-corrected chi connectivity index (χ4v) is 5.24. The molecule has 14 heteroatoms. The van der Waals surface area contributed by atoms with Crippen molar-refractivity contribution >= 4 is 16.3 Å². The molecule has 1 aliphatic rings. The molecule has 1 fully saturated rings. The molecule has 1 saturated heterocycles. The van der Waals surface area contributed by atoms with Gasteiger partial charge in [0.15, 0.2) is 6.29 Å². The summed E-state index contributed by atoms with van der Waals surface area (Å²) in [4.78, 5) is 12.9. The van der Waals surface area contributed by atoms with E-state index in [1.54, 1.807) is 6.08 Å². The first-order valence-electron chi connectivity index (χ1n) is 16.6. The largest absolute Gasteiger partial charge is 0.397 e. The normalized spacial score (nSPS) is 24.5. The van der Waals surface area contributed by atoms with E-state index in [9.17, 15) is 38.7 Å². The summed E-state index contributed by atoms with van der Waals surface area (Å²) in [7, 11) is -5.12. The number of hydrogen-bond donors (Lipinski definition) is 7. The average molecular weight is 692 g/mol. The fourth-order valence-electron chi connectivity index (χ4n) is 4.73. The van der Waals surface area contributed by atoms with Crippen molar-refractivity contribution in [1.29, 1.82) is 0 Å². The second-order valence-electron chi connectivity index (χ2n) is 11.5. The molecule has 1 heterocycles. The van der Waals surface area contributed by atoms with Crippen LogP contribution in [0.4, 0.5) is 0 Å². The molecule has 13 nitrogen and oxygen atoms in total. The number of carbonyl (C=O) groups is 1. The van der Waals surface area contributed by atoms with Gasteiger partial charge in [0.05, 0.1) is 25.4 Å². The molecule has 0 spiro atoms. The lowest BCUT2D eigenvalue weighted by Gasteiger charge is -2.41. The first kappa shape index (κ1) is 43.0. The third-order valence-corrected chi connectivity index (χ3v) is 7.90. The molecular weight excluding hydrogens is 634 g/mol. The Morgan fingerprint density at radius 1 is 0.872 bits per heavy atom. The Hall–Kier alpha value is -1.98. The van der Waals surface area contributed by atoms with Gasteiger partial charge in [-0.1, -0.05) is 81.7 Å². The van der Waals surface area contributed by atoms with Crippen LogP contribution in [0.3, 0.4) is 0 Å². The SMILES string of the molecule is CC/C=C/CC/C=C/CC/C=C/C(O)C(COC1OC(CO)C(O)C(OS(=O)(=O)O)C1O)NC(=O)C(O)CC/C=C\CCCCCC. The lowest BCUT2D eigenvalue weighted by atomic mass is 9.99. The molecule has 1 aliphatic heterocycles. The maximum Gasteiger partial charge on any atom is 0.397 e. The first-order valence-corrected chi connectivity index (χ1v) is 18.0. The molecule has 0 saturated carbocycles. The Bertz CT molecular complexity index is 1060. The van der Waals surface area contributed by atoms with E-state index >= 15 is 0 Å². The number of aliphatic hydroxyl groups excluding tert-OH is 5. The molecule has 8 unspecified atom stereocenters. The summed E-state index contributed by atoms with van der Waals surface area (Å²) < 4.78 is 47.0. The van der Waals surface area contributed by atoms with Gasteiger partial charge in [-0.2, -0.15) is 8.42 Å². The minimum Gasteiger partial charge on any atom is -0.394 e. The fraction of sp³-hybridized carbons (Fsp3) is 0.727. The number of unbranched alkanes of at least 4 members (excludes halogenated alkanes) is 6. The molecule has 1 amide bonds. The third kappa shape index (κ3) is 19.0. The van der Waals surface area contributed by atoms with Crippen molar-refractivity contribution in [2.75, 3.05) is 13.2 Å². The van der Waals surface area contributed by atoms with Crippen molar-refractivity contribution < 1.29 is 57.0 Å². The zero-order valence-corrected chi connectivity index (χ0v) is 28.5. The minimum atomic E-state index is -5.12. The van der Waals surface area contributed by atoms with E-state index < -0.39 is 78.5 Å². The zero-order valence-electron chi connectivity index (χ0n) is 27.7. The van der Waals surface area contributed by atoms with Crippen LogP contribution >= 0.6 is 0 Å². The molecule has 47 heavy (non-hydrogen) atoms. The summed E-state index contributed by atoms with van der Waals surface area (Å²) in [6.07, 6.45) is 14.2. The predicted molar refractivity (Wildman–Crippen MR) is 177 cm³/mol. The molecule has 0 aromatic rings. The molecule has 0 radical (unpaired) electrons. The Balaban J connectivity index is 2.88. The van der Waals surface area contributed by atoms with Crippen molar-refractivity contribution in [2.24, 2.45) is 0 Å². The maximum absolute atomic E-state index is 12.9. The number of aliphatic hydroxyl groups is 5. The summed E-state index contributed by atoms with van der Waals surface area (Å²) in [6.45, 7) is 2.91. The number of allylic oxidation sites excluding steroid dienone is 7. The molecule has 272 valence electrons. The number of carbonyl (C=O) groups excluding carboxylic acids is 1. The first-order chi connectivity index (χ1) is 22.4. The standard InChI is InChI=1S/C33H57NO12S/c1-3-5-7-9-11-13-14-16-17-19-21-26(36)25(34-32(40)27(37)22-20-18-15-12-10-8-6-4-2)24-44-33-30(39)31(46-47(41,42)43)29(38)28(23-35)45-33/h5,7,13-15,18-19,21,25-31,33,35-39H,3-4,6,8-12,16-17,20,22-24H2,1-2H3,(H,34,40)(H,41,42,43)/b7-5+,14-13+,18-15-,21-19+. The van der Waals surface area contributed by atoms with Crippen molar-refractivity contribution in [3.05, 3.63) is 48.6 Å². The van der Waals surface area contributed by atoms with Crippen molar-refractivity contribution in [1.82, 2.24) is 5.32 Å². The second-order valence-corrected chi connectivity index (χ2v) is 12.5. The quantitative estimate of drug-likeness (QED) is 0.0419. The van der Waals surface area contributed by atoms with Gasteiger partial charge in [-0.05, 0) is 57.8 Å². The topological polar surface area (TPSA) is 212 Å². The second kappa shape index (κ2) is 25.1. The van der Waals surface area contributed by atoms with Crippen LogP contribution in [0.1, 0.15) is 90.9 Å². The van der Waals surface area contributed by atoms with Gasteiger partial charge in [0, 0.05) is 0 Å². The van der Waals surface area contributed by atoms with E-state index in [0.29, 0.717) is 12.8 Å². The summed E-state index contributed by atoms with van der Waals surface area (Å²) in [5.41, 5.74) is 0. The van der Waals surface area contributed by atoms with Crippen molar-refractivity contribution in [2.45, 2.75) is 140 Å². The Morgan fingerprint density at radius 2 is 1.49 bits per heavy atom. The van der Waals surface area contributed by atoms with Gasteiger partial charge in [0.2, 0.25) is 5.91 Å². The number of hydrogen-bond acceptors (Lipinski definition) is 11. The Morgan fingerprint density at radius 3 is 2.11 bits per heavy atom. The molecule has 1 rings (SSSR count). The maximum atomic E-state index is 12.9. The van der Waals surface area contributed by atoms with E-state index in [4.69, 9.17) is 14.0 Å². The van der Waals surface area contributed by atoms with Crippen LogP contribution in [0.2, 0.25) is 0 Å². The smallest absolute Gasteiger partial charge is 0.394 e. The van der Waals surface area contributed by atoms with Gasteiger partial charge in [0.1, 0.15) is 30.5 Å². The van der Waals surface area contributed by atoms with Crippen LogP contribution in [-0.2, 0) is 28.9 Å². The number of ether oxygens (including phenoxy) is 2. The molecule has 0 aromatic carbocycles. The monoisotopic (exact) mass is 691 g/mol. The van der Waals surface area contributed by atoms with E-state index in [-0.39, 0.29) is 6.42 Å². The van der Waals surface area contributed by atoms with Gasteiger partial charge < -0.3 is 40.3 Å². The summed E-state index contributed by atoms with van der Waals surface area (Å²) in [5.74, 6) is -0.760. The molecule has 0 bridgehead atoms. The molecule has 8 atom stereocenters. The highest BCUT2D eigenvalue weighted by Crippen LogP contribution is 2.25. The van der Waals surface area contributed by atoms with Crippen LogP contribution in [0, 0.1) is 0 Å². The number of nitrogens with one attached hydrogen (secondary N) is 1. The minimum absolute atomic E-state index is 0.145. The summed E-state index contributed by atoms with van der Waals surface area (Å²) in [6, 6.07) is -1.15. The number of amides is 1. The highest BCUT2D eigenvalue weighted by atomic mass is 32.3. The van der Waals surface area contributed by atoms with Crippen LogP contribution < -0.4 is 5.32 Å². The van der Waals surface area contributed by atoms with Crippen molar-refractivity contribution in [3.8, 4) is 0 Å². The molecule has 0 aromatic heterocycles. The van der Waals surface area contributed by atoms with Gasteiger partial charge in [0.25, 0.3) is 0 Å². The van der Waals surface area contributed by atoms with E-state index in [1.165, 1.54) is 12.5 Å². The summed E-state index contributed by atoms with van der Waals surface area (Å²) >= 11 is 0. The molecule has 0 aliphatic carbocycles. The highest BCUT2D eigenvalue weighted by molar-refractivity contribution is 7.80. The highest BCUT2D eigenvalue weighted by Gasteiger charge is 2.48. The summed E-state index contributed by atoms with van der Waals surface area (Å²) in [5, 5.41) is 54.3. The van der Waals surface area contributed by atoms with E-state index in [1.807, 2.05) is 18.2 Å². The van der Waals surface area contributed by atoms with E-state index in [2.05, 4.69) is 41.6 Å². The van der Waals surface area contributed by atoms with Gasteiger partial charge >= 0.3 is 10.4 Å². The molecule has 7 N–H and O–H groups in total. The lowest BCUT2D eigenvalue weighted by molar-refractivity contribution is -0.298. The van der Waals surface area contributed by atoms with Crippen LogP contribution in [0.15, 0.2) is 48.6 Å². The van der Waals surface area contributed by atoms with Gasteiger partial charge in [-0.3, -0.25) is 9.35 Å². The Kier molecular flexibility index (Phi) is 22.9. The van der Waals surface area contributed by atoms with Crippen molar-refractivity contribution in [3.63, 3.8) is 0 Å². The van der Waals surface area contributed by atoms with Gasteiger partial charge in [-0.25, -0.2) is 4.18 Å². The molecular formula is C33H57NO12S. The van der Waals surface area contributed by atoms with Crippen LogP contribution in [0.25, 0.3) is 0 Å². The number of rotatable bonds is 25. The third-order valence-electron chi connectivity index (χ3n) is 7.44. The lowest BCUT2D eigenvalue weighted by Crippen LogP contribution is -2.61. The van der Waals surface area contributed by atoms with Crippen LogP contribution in [-0.4, -0.2) is 107 Å². The average Bonchev–Trinajstić information content (AvgIpc) is 3.03. The predicted octanol–water partition coefficient (Wildman–Crippen LogP) is 2.78. The van der Waals surface area contributed by atoms with Gasteiger partial charge in [-0.15, -0.1) is 0 Å². The zero-order chi connectivity index (χ0) is 35.1. The Labute approximate surface area is 280 Å². The van der Waals surface area contributed by atoms with Crippen LogP contribution in [0.5, 0.6) is 0 Å².